The zero-order valence-electron chi connectivity index (χ0n) is 12.7. The van der Waals surface area contributed by atoms with Gasteiger partial charge < -0.3 is 9.72 Å². The molecule has 0 aliphatic heterocycles. The van der Waals surface area contributed by atoms with Crippen LogP contribution in [0.3, 0.4) is 0 Å². The number of halogens is 2. The number of nitrogens with one attached hydrogen (secondary N) is 1. The Balaban J connectivity index is 1.98. The van der Waals surface area contributed by atoms with Crippen LogP contribution in [0.1, 0.15) is 29.3 Å². The lowest BCUT2D eigenvalue weighted by atomic mass is 10.2. The van der Waals surface area contributed by atoms with Gasteiger partial charge in [0.25, 0.3) is 5.56 Å². The fraction of sp³-hybridized carbons (Fsp3) is 0.250. The molecule has 3 aromatic rings. The van der Waals surface area contributed by atoms with Gasteiger partial charge in [-0.25, -0.2) is 4.98 Å². The van der Waals surface area contributed by atoms with Crippen LogP contribution in [0.15, 0.2) is 31.9 Å². The molecular formula is C16H14Br2N2O2S. The fourth-order valence-corrected chi connectivity index (χ4v) is 4.46. The first kappa shape index (κ1) is 16.7. The Labute approximate surface area is 154 Å². The lowest BCUT2D eigenvalue weighted by molar-refractivity contribution is 0.215. The Morgan fingerprint density at radius 2 is 2.04 bits per heavy atom. The second-order valence-electron chi connectivity index (χ2n) is 5.25. The van der Waals surface area contributed by atoms with Crippen LogP contribution in [0.25, 0.3) is 10.2 Å². The number of aryl methyl sites for hydroxylation is 2. The highest BCUT2D eigenvalue weighted by Crippen LogP contribution is 2.32. The number of aromatic nitrogens is 2. The molecule has 0 aliphatic carbocycles. The summed E-state index contributed by atoms with van der Waals surface area (Å²) in [5.74, 6) is 1.22. The van der Waals surface area contributed by atoms with Crippen molar-refractivity contribution < 1.29 is 4.74 Å². The third-order valence-electron chi connectivity index (χ3n) is 3.64. The average molecular weight is 458 g/mol. The van der Waals surface area contributed by atoms with E-state index < -0.39 is 0 Å². The van der Waals surface area contributed by atoms with Crippen LogP contribution in [0.4, 0.5) is 0 Å². The number of ether oxygens (including phenoxy) is 1. The molecule has 0 saturated carbocycles. The van der Waals surface area contributed by atoms with Crippen LogP contribution in [0.2, 0.25) is 0 Å². The monoisotopic (exact) mass is 456 g/mol. The first-order valence-corrected chi connectivity index (χ1v) is 9.38. The maximum absolute atomic E-state index is 12.3. The van der Waals surface area contributed by atoms with Crippen molar-refractivity contribution in [3.63, 3.8) is 0 Å². The van der Waals surface area contributed by atoms with E-state index in [0.29, 0.717) is 17.0 Å². The van der Waals surface area contributed by atoms with E-state index in [1.807, 2.05) is 39.0 Å². The molecule has 7 heteroatoms. The molecule has 4 nitrogen and oxygen atoms in total. The number of rotatable bonds is 3. The largest absolute Gasteiger partial charge is 0.482 e. The van der Waals surface area contributed by atoms with Crippen molar-refractivity contribution in [3.05, 3.63) is 53.8 Å². The molecule has 0 amide bonds. The van der Waals surface area contributed by atoms with E-state index in [4.69, 9.17) is 4.74 Å². The molecule has 120 valence electrons. The second kappa shape index (κ2) is 6.37. The highest BCUT2D eigenvalue weighted by atomic mass is 79.9. The summed E-state index contributed by atoms with van der Waals surface area (Å²) in [4.78, 5) is 21.6. The van der Waals surface area contributed by atoms with E-state index in [2.05, 4.69) is 41.8 Å². The highest BCUT2D eigenvalue weighted by Gasteiger charge is 2.17. The molecule has 0 radical (unpaired) electrons. The SMILES string of the molecule is Cc1sc2nc([C@H](C)Oc3ccc(Br)cc3Br)[nH]c(=O)c2c1C. The zero-order chi connectivity index (χ0) is 16.7. The number of H-pyrrole nitrogens is 1. The Kier molecular flexibility index (Phi) is 4.62. The van der Waals surface area contributed by atoms with Gasteiger partial charge in [-0.2, -0.15) is 0 Å². The van der Waals surface area contributed by atoms with Gasteiger partial charge in [0.2, 0.25) is 0 Å². The van der Waals surface area contributed by atoms with Crippen molar-refractivity contribution in [2.24, 2.45) is 0 Å². The minimum atomic E-state index is -0.368. The minimum Gasteiger partial charge on any atom is -0.482 e. The maximum Gasteiger partial charge on any atom is 0.260 e. The number of nitrogens with zero attached hydrogens (tertiary/aromatic N) is 1. The zero-order valence-corrected chi connectivity index (χ0v) is 16.7. The quantitative estimate of drug-likeness (QED) is 0.583. The molecule has 0 unspecified atom stereocenters. The summed E-state index contributed by atoms with van der Waals surface area (Å²) < 4.78 is 7.73. The number of hydrogen-bond donors (Lipinski definition) is 1. The molecule has 1 atom stereocenters. The van der Waals surface area contributed by atoms with E-state index in [0.717, 1.165) is 24.2 Å². The lowest BCUT2D eigenvalue weighted by Crippen LogP contribution is -2.16. The van der Waals surface area contributed by atoms with Gasteiger partial charge in [0.1, 0.15) is 10.6 Å². The van der Waals surface area contributed by atoms with Gasteiger partial charge in [0, 0.05) is 9.35 Å². The van der Waals surface area contributed by atoms with Gasteiger partial charge in [0.15, 0.2) is 11.9 Å². The molecule has 1 N–H and O–H groups in total. The van der Waals surface area contributed by atoms with E-state index in [-0.39, 0.29) is 11.7 Å². The van der Waals surface area contributed by atoms with Gasteiger partial charge in [0.05, 0.1) is 9.86 Å². The van der Waals surface area contributed by atoms with Gasteiger partial charge in [-0.15, -0.1) is 11.3 Å². The molecule has 0 saturated heterocycles. The minimum absolute atomic E-state index is 0.114. The summed E-state index contributed by atoms with van der Waals surface area (Å²) in [6.07, 6.45) is -0.368. The number of fused-ring (bicyclic) bond motifs is 1. The summed E-state index contributed by atoms with van der Waals surface area (Å²) in [5.41, 5.74) is 0.881. The standard InChI is InChI=1S/C16H14Br2N2O2S/c1-7-9(3)23-16-13(7)15(21)19-14(20-16)8(2)22-12-5-4-10(17)6-11(12)18/h4-6,8H,1-3H3,(H,19,20,21)/t8-/m0/s1. The molecule has 2 heterocycles. The number of hydrogen-bond acceptors (Lipinski definition) is 4. The normalized spacial score (nSPS) is 12.6. The van der Waals surface area contributed by atoms with E-state index in [1.165, 1.54) is 11.3 Å². The van der Waals surface area contributed by atoms with Crippen molar-refractivity contribution in [2.45, 2.75) is 26.9 Å². The molecule has 0 aliphatic rings. The molecule has 1 aromatic carbocycles. The van der Waals surface area contributed by atoms with Gasteiger partial charge in [-0.3, -0.25) is 4.79 Å². The lowest BCUT2D eigenvalue weighted by Gasteiger charge is -2.15. The van der Waals surface area contributed by atoms with Crippen LogP contribution in [0, 0.1) is 13.8 Å². The predicted molar refractivity (Wildman–Crippen MR) is 101 cm³/mol. The first-order valence-electron chi connectivity index (χ1n) is 6.98. The van der Waals surface area contributed by atoms with Gasteiger partial charge >= 0.3 is 0 Å². The third kappa shape index (κ3) is 3.22. The van der Waals surface area contributed by atoms with Crippen LogP contribution in [0.5, 0.6) is 5.75 Å². The Hall–Kier alpha value is -1.18. The molecular weight excluding hydrogens is 444 g/mol. The van der Waals surface area contributed by atoms with Crippen LogP contribution < -0.4 is 10.3 Å². The predicted octanol–water partition coefficient (Wildman–Crippen LogP) is 5.27. The van der Waals surface area contributed by atoms with Gasteiger partial charge in [-0.1, -0.05) is 15.9 Å². The summed E-state index contributed by atoms with van der Waals surface area (Å²) >= 11 is 8.41. The van der Waals surface area contributed by atoms with E-state index in [9.17, 15) is 4.79 Å². The molecule has 2 aromatic heterocycles. The number of thiophene rings is 1. The Bertz CT molecular complexity index is 949. The van der Waals surface area contributed by atoms with Crippen molar-refractivity contribution >= 4 is 53.4 Å². The summed E-state index contributed by atoms with van der Waals surface area (Å²) in [6.45, 7) is 5.81. The van der Waals surface area contributed by atoms with Crippen LogP contribution >= 0.6 is 43.2 Å². The second-order valence-corrected chi connectivity index (χ2v) is 8.22. The molecule has 0 fully saturated rings. The molecule has 23 heavy (non-hydrogen) atoms. The average Bonchev–Trinajstić information content (AvgIpc) is 2.77. The van der Waals surface area contributed by atoms with Crippen molar-refractivity contribution in [1.29, 1.82) is 0 Å². The number of aromatic amines is 1. The fourth-order valence-electron chi connectivity index (χ4n) is 2.28. The van der Waals surface area contributed by atoms with Gasteiger partial charge in [-0.05, 0) is 60.5 Å². The Morgan fingerprint density at radius 1 is 1.30 bits per heavy atom. The van der Waals surface area contributed by atoms with Crippen molar-refractivity contribution in [3.8, 4) is 5.75 Å². The highest BCUT2D eigenvalue weighted by molar-refractivity contribution is 9.11. The molecule has 0 spiro atoms. The smallest absolute Gasteiger partial charge is 0.260 e. The van der Waals surface area contributed by atoms with E-state index >= 15 is 0 Å². The van der Waals surface area contributed by atoms with Crippen molar-refractivity contribution in [2.75, 3.05) is 0 Å². The summed E-state index contributed by atoms with van der Waals surface area (Å²) in [6, 6.07) is 5.67. The molecule has 3 rings (SSSR count). The Morgan fingerprint density at radius 3 is 2.74 bits per heavy atom. The first-order chi connectivity index (χ1) is 10.9. The van der Waals surface area contributed by atoms with Crippen LogP contribution in [-0.4, -0.2) is 9.97 Å². The summed E-state index contributed by atoms with van der Waals surface area (Å²) in [5, 5.41) is 0.674. The van der Waals surface area contributed by atoms with Crippen molar-refractivity contribution in [1.82, 2.24) is 9.97 Å². The van der Waals surface area contributed by atoms with Crippen LogP contribution in [-0.2, 0) is 0 Å². The molecule has 0 bridgehead atoms. The topological polar surface area (TPSA) is 55.0 Å². The van der Waals surface area contributed by atoms with E-state index in [1.54, 1.807) is 0 Å². The third-order valence-corrected chi connectivity index (χ3v) is 5.85. The maximum atomic E-state index is 12.3. The summed E-state index contributed by atoms with van der Waals surface area (Å²) in [7, 11) is 0. The number of benzene rings is 1.